The van der Waals surface area contributed by atoms with Crippen LogP contribution in [0.4, 0.5) is 4.79 Å². The molecular formula is C21H36N2O4. The predicted molar refractivity (Wildman–Crippen MR) is 104 cm³/mol. The number of rotatable bonds is 3. The topological polar surface area (TPSA) is 98.5 Å². The van der Waals surface area contributed by atoms with Gasteiger partial charge in [0.05, 0.1) is 0 Å². The zero-order valence-electron chi connectivity index (χ0n) is 16.5. The molecule has 0 aliphatic heterocycles. The number of alkyl carbamates (subject to hydrolysis) is 1. The zero-order valence-corrected chi connectivity index (χ0v) is 16.5. The summed E-state index contributed by atoms with van der Waals surface area (Å²) in [5, 5.41) is 2.59. The van der Waals surface area contributed by atoms with Gasteiger partial charge < -0.3 is 15.8 Å². The summed E-state index contributed by atoms with van der Waals surface area (Å²) in [4.78, 5) is 37.3. The first-order valence-electron chi connectivity index (χ1n) is 10.8. The van der Waals surface area contributed by atoms with Crippen molar-refractivity contribution in [2.45, 2.75) is 89.6 Å². The second-order valence-electron chi connectivity index (χ2n) is 8.04. The van der Waals surface area contributed by atoms with Crippen LogP contribution in [0.15, 0.2) is 0 Å². The molecular weight excluding hydrogens is 344 g/mol. The summed E-state index contributed by atoms with van der Waals surface area (Å²) in [5.41, 5.74) is 5.38. The molecule has 0 bridgehead atoms. The number of hydrogen-bond acceptors (Lipinski definition) is 5. The van der Waals surface area contributed by atoms with E-state index in [4.69, 9.17) is 10.5 Å². The fraction of sp³-hybridized carbons (Fsp3) is 0.857. The lowest BCUT2D eigenvalue weighted by Gasteiger charge is -2.16. The standard InChI is InChI=1S/C21H36N2O4/c22-12-13-23-21(26)27-16-14-17-18(15-16)20(25)11-9-7-5-3-1-2-4-6-8-10-19(17)24/h16-18H,1-15,22H2,(H,23,26). The first-order chi connectivity index (χ1) is 13.1. The Morgan fingerprint density at radius 3 is 1.74 bits per heavy atom. The summed E-state index contributed by atoms with van der Waals surface area (Å²) in [6.45, 7) is 0.707. The number of fused-ring (bicyclic) bond motifs is 1. The first kappa shape index (κ1) is 21.9. The van der Waals surface area contributed by atoms with E-state index < -0.39 is 6.09 Å². The summed E-state index contributed by atoms with van der Waals surface area (Å²) < 4.78 is 5.44. The molecule has 0 heterocycles. The van der Waals surface area contributed by atoms with E-state index in [-0.39, 0.29) is 29.5 Å². The van der Waals surface area contributed by atoms with Gasteiger partial charge in [-0.05, 0) is 25.7 Å². The number of nitrogens with two attached hydrogens (primary N) is 1. The molecule has 3 N–H and O–H groups in total. The monoisotopic (exact) mass is 380 g/mol. The van der Waals surface area contributed by atoms with Crippen LogP contribution in [0.1, 0.15) is 83.5 Å². The fourth-order valence-electron chi connectivity index (χ4n) is 4.37. The van der Waals surface area contributed by atoms with Crippen LogP contribution < -0.4 is 11.1 Å². The van der Waals surface area contributed by atoms with Gasteiger partial charge in [0, 0.05) is 37.8 Å². The van der Waals surface area contributed by atoms with E-state index in [2.05, 4.69) is 5.32 Å². The summed E-state index contributed by atoms with van der Waals surface area (Å²) in [6.07, 6.45) is 11.3. The molecule has 0 aromatic rings. The Morgan fingerprint density at radius 1 is 0.852 bits per heavy atom. The average molecular weight is 381 g/mol. The largest absolute Gasteiger partial charge is 0.446 e. The second-order valence-corrected chi connectivity index (χ2v) is 8.04. The van der Waals surface area contributed by atoms with Crippen LogP contribution in [0.25, 0.3) is 0 Å². The first-order valence-corrected chi connectivity index (χ1v) is 10.8. The van der Waals surface area contributed by atoms with Gasteiger partial charge in [0.25, 0.3) is 0 Å². The molecule has 2 saturated carbocycles. The molecule has 27 heavy (non-hydrogen) atoms. The third-order valence-corrected chi connectivity index (χ3v) is 5.88. The van der Waals surface area contributed by atoms with Gasteiger partial charge >= 0.3 is 6.09 Å². The summed E-state index contributed by atoms with van der Waals surface area (Å²) >= 11 is 0. The van der Waals surface area contributed by atoms with Gasteiger partial charge in [0.15, 0.2) is 0 Å². The van der Waals surface area contributed by atoms with Gasteiger partial charge in [-0.25, -0.2) is 4.79 Å². The lowest BCUT2D eigenvalue weighted by Crippen LogP contribution is -2.32. The minimum absolute atomic E-state index is 0.177. The van der Waals surface area contributed by atoms with Crippen molar-refractivity contribution in [2.24, 2.45) is 17.6 Å². The maximum atomic E-state index is 12.8. The van der Waals surface area contributed by atoms with Gasteiger partial charge in [-0.2, -0.15) is 0 Å². The second kappa shape index (κ2) is 12.1. The Labute approximate surface area is 163 Å². The van der Waals surface area contributed by atoms with Crippen LogP contribution >= 0.6 is 0 Å². The Balaban J connectivity index is 1.96. The SMILES string of the molecule is NCCNC(=O)OC1CC2C(=O)CCCCCCCCCCCC(=O)C2C1. The minimum atomic E-state index is -0.508. The Kier molecular flexibility index (Phi) is 9.81. The lowest BCUT2D eigenvalue weighted by atomic mass is 9.85. The fourth-order valence-corrected chi connectivity index (χ4v) is 4.37. The molecule has 154 valence electrons. The smallest absolute Gasteiger partial charge is 0.407 e. The van der Waals surface area contributed by atoms with Crippen molar-refractivity contribution in [3.8, 4) is 0 Å². The van der Waals surface area contributed by atoms with Crippen LogP contribution in [0.5, 0.6) is 0 Å². The number of nitrogens with one attached hydrogen (secondary N) is 1. The number of amides is 1. The molecule has 0 aromatic carbocycles. The van der Waals surface area contributed by atoms with E-state index in [1.165, 1.54) is 32.1 Å². The molecule has 2 aliphatic rings. The van der Waals surface area contributed by atoms with E-state index in [1.807, 2.05) is 0 Å². The van der Waals surface area contributed by atoms with Gasteiger partial charge in [0.1, 0.15) is 17.7 Å². The molecule has 2 rings (SSSR count). The van der Waals surface area contributed by atoms with E-state index in [0.29, 0.717) is 38.8 Å². The highest BCUT2D eigenvalue weighted by Gasteiger charge is 2.43. The quantitative estimate of drug-likeness (QED) is 0.781. The molecule has 2 aliphatic carbocycles. The Hall–Kier alpha value is -1.43. The minimum Gasteiger partial charge on any atom is -0.446 e. The molecule has 0 aromatic heterocycles. The van der Waals surface area contributed by atoms with E-state index in [0.717, 1.165) is 25.7 Å². The summed E-state index contributed by atoms with van der Waals surface area (Å²) in [6, 6.07) is 0. The van der Waals surface area contributed by atoms with Crippen molar-refractivity contribution in [3.05, 3.63) is 0 Å². The maximum Gasteiger partial charge on any atom is 0.407 e. The van der Waals surface area contributed by atoms with Crippen LogP contribution in [0.2, 0.25) is 0 Å². The molecule has 0 radical (unpaired) electrons. The van der Waals surface area contributed by atoms with E-state index in [1.54, 1.807) is 0 Å². The molecule has 1 amide bonds. The molecule has 2 unspecified atom stereocenters. The predicted octanol–water partition coefficient (Wildman–Crippen LogP) is 3.51. The number of carbonyl (C=O) groups is 3. The van der Waals surface area contributed by atoms with Crippen LogP contribution in [0, 0.1) is 11.8 Å². The van der Waals surface area contributed by atoms with Crippen molar-refractivity contribution in [2.75, 3.05) is 13.1 Å². The van der Waals surface area contributed by atoms with Crippen molar-refractivity contribution in [1.82, 2.24) is 5.32 Å². The number of ketones is 2. The maximum absolute atomic E-state index is 12.8. The van der Waals surface area contributed by atoms with Crippen LogP contribution in [0.3, 0.4) is 0 Å². The average Bonchev–Trinajstić information content (AvgIpc) is 3.07. The van der Waals surface area contributed by atoms with Gasteiger partial charge in [-0.1, -0.05) is 44.9 Å². The van der Waals surface area contributed by atoms with E-state index >= 15 is 0 Å². The summed E-state index contributed by atoms with van der Waals surface area (Å²) in [5.74, 6) is -0.210. The van der Waals surface area contributed by atoms with Gasteiger partial charge in [-0.3, -0.25) is 9.59 Å². The lowest BCUT2D eigenvalue weighted by molar-refractivity contribution is -0.131. The highest BCUT2D eigenvalue weighted by molar-refractivity contribution is 5.90. The molecule has 6 heteroatoms. The Morgan fingerprint density at radius 2 is 1.30 bits per heavy atom. The van der Waals surface area contributed by atoms with Crippen molar-refractivity contribution in [3.63, 3.8) is 0 Å². The highest BCUT2D eigenvalue weighted by atomic mass is 16.6. The zero-order chi connectivity index (χ0) is 19.5. The normalized spacial score (nSPS) is 28.7. The molecule has 2 fully saturated rings. The van der Waals surface area contributed by atoms with Gasteiger partial charge in [0.2, 0.25) is 0 Å². The molecule has 6 nitrogen and oxygen atoms in total. The van der Waals surface area contributed by atoms with Crippen LogP contribution in [-0.2, 0) is 14.3 Å². The van der Waals surface area contributed by atoms with Crippen LogP contribution in [-0.4, -0.2) is 36.9 Å². The number of Topliss-reactive ketones (excluding diaryl/α,β-unsaturated/α-hetero) is 2. The third kappa shape index (κ3) is 7.60. The Bertz CT molecular complexity index is 463. The van der Waals surface area contributed by atoms with Crippen molar-refractivity contribution in [1.29, 1.82) is 0 Å². The molecule has 0 saturated heterocycles. The molecule has 0 spiro atoms. The van der Waals surface area contributed by atoms with E-state index in [9.17, 15) is 14.4 Å². The van der Waals surface area contributed by atoms with Gasteiger partial charge in [-0.15, -0.1) is 0 Å². The number of hydrogen-bond donors (Lipinski definition) is 2. The number of carbonyl (C=O) groups excluding carboxylic acids is 3. The van der Waals surface area contributed by atoms with Crippen molar-refractivity contribution < 1.29 is 19.1 Å². The molecule has 2 atom stereocenters. The summed E-state index contributed by atoms with van der Waals surface area (Å²) in [7, 11) is 0. The number of ether oxygens (including phenoxy) is 1. The highest BCUT2D eigenvalue weighted by Crippen LogP contribution is 2.37. The van der Waals surface area contributed by atoms with Crippen molar-refractivity contribution >= 4 is 17.7 Å². The third-order valence-electron chi connectivity index (χ3n) is 5.88.